The first-order valence-electron chi connectivity index (χ1n) is 6.97. The molecule has 3 aromatic rings. The van der Waals surface area contributed by atoms with E-state index >= 15 is 0 Å². The van der Waals surface area contributed by atoms with Crippen molar-refractivity contribution in [2.45, 2.75) is 18.0 Å². The van der Waals surface area contributed by atoms with Gasteiger partial charge in [0.2, 0.25) is 0 Å². The van der Waals surface area contributed by atoms with E-state index in [1.807, 2.05) is 24.3 Å². The van der Waals surface area contributed by atoms with Gasteiger partial charge in [0.1, 0.15) is 17.7 Å². The number of furan rings is 1. The highest BCUT2D eigenvalue weighted by Gasteiger charge is 2.16. The predicted molar refractivity (Wildman–Crippen MR) is 85.4 cm³/mol. The first-order valence-corrected chi connectivity index (χ1v) is 7.96. The molecule has 0 radical (unpaired) electrons. The second-order valence-electron chi connectivity index (χ2n) is 4.66. The molecular weight excluding hydrogens is 282 g/mol. The van der Waals surface area contributed by atoms with Crippen molar-refractivity contribution in [1.29, 1.82) is 0 Å². The van der Waals surface area contributed by atoms with Crippen LogP contribution in [-0.2, 0) is 0 Å². The van der Waals surface area contributed by atoms with Crippen LogP contribution < -0.4 is 5.32 Å². The molecule has 2 aromatic heterocycles. The van der Waals surface area contributed by atoms with Crippen LogP contribution in [0.5, 0.6) is 0 Å². The first kappa shape index (κ1) is 14.1. The Morgan fingerprint density at radius 2 is 2.19 bits per heavy atom. The van der Waals surface area contributed by atoms with Gasteiger partial charge in [-0.25, -0.2) is 9.97 Å². The van der Waals surface area contributed by atoms with Crippen molar-refractivity contribution in [3.63, 3.8) is 0 Å². The van der Waals surface area contributed by atoms with Gasteiger partial charge in [0.05, 0.1) is 11.1 Å². The lowest BCUT2D eigenvalue weighted by Crippen LogP contribution is -2.22. The Hall–Kier alpha value is -1.85. The molecule has 0 aliphatic carbocycles. The smallest absolute Gasteiger partial charge is 0.134 e. The number of fused-ring (bicyclic) bond motifs is 1. The molecule has 1 atom stereocenters. The SMILES string of the molecule is CCNC(CSc1ccncn1)c1cc2ccccc2o1. The Morgan fingerprint density at radius 1 is 1.29 bits per heavy atom. The predicted octanol–water partition coefficient (Wildman–Crippen LogP) is 3.67. The molecule has 0 saturated carbocycles. The summed E-state index contributed by atoms with van der Waals surface area (Å²) in [5.41, 5.74) is 0.933. The van der Waals surface area contributed by atoms with Crippen molar-refractivity contribution in [3.05, 3.63) is 54.7 Å². The maximum atomic E-state index is 5.96. The minimum Gasteiger partial charge on any atom is -0.459 e. The minimum atomic E-state index is 0.169. The van der Waals surface area contributed by atoms with Crippen molar-refractivity contribution in [2.24, 2.45) is 0 Å². The second kappa shape index (κ2) is 6.74. The highest BCUT2D eigenvalue weighted by molar-refractivity contribution is 7.99. The molecule has 0 saturated heterocycles. The fraction of sp³-hybridized carbons (Fsp3) is 0.250. The lowest BCUT2D eigenvalue weighted by Gasteiger charge is -2.14. The average Bonchev–Trinajstić information content (AvgIpc) is 2.96. The summed E-state index contributed by atoms with van der Waals surface area (Å²) >= 11 is 1.70. The van der Waals surface area contributed by atoms with Gasteiger partial charge in [-0.15, -0.1) is 11.8 Å². The van der Waals surface area contributed by atoms with Gasteiger partial charge in [0.15, 0.2) is 0 Å². The van der Waals surface area contributed by atoms with Crippen LogP contribution in [0.3, 0.4) is 0 Å². The van der Waals surface area contributed by atoms with Crippen molar-refractivity contribution in [3.8, 4) is 0 Å². The average molecular weight is 299 g/mol. The molecule has 0 bridgehead atoms. The molecule has 1 N–H and O–H groups in total. The van der Waals surface area contributed by atoms with Crippen molar-refractivity contribution in [2.75, 3.05) is 12.3 Å². The monoisotopic (exact) mass is 299 g/mol. The third kappa shape index (κ3) is 3.43. The van der Waals surface area contributed by atoms with Gasteiger partial charge in [-0.3, -0.25) is 0 Å². The molecule has 0 fully saturated rings. The number of benzene rings is 1. The van der Waals surface area contributed by atoms with Gasteiger partial charge >= 0.3 is 0 Å². The molecule has 0 spiro atoms. The van der Waals surface area contributed by atoms with Crippen LogP contribution in [-0.4, -0.2) is 22.3 Å². The zero-order valence-electron chi connectivity index (χ0n) is 11.8. The number of hydrogen-bond donors (Lipinski definition) is 1. The van der Waals surface area contributed by atoms with Crippen LogP contribution in [0.2, 0.25) is 0 Å². The Kier molecular flexibility index (Phi) is 4.52. The lowest BCUT2D eigenvalue weighted by molar-refractivity contribution is 0.463. The molecule has 0 aliphatic heterocycles. The van der Waals surface area contributed by atoms with E-state index in [0.717, 1.165) is 34.1 Å². The van der Waals surface area contributed by atoms with E-state index < -0.39 is 0 Å². The van der Waals surface area contributed by atoms with E-state index in [4.69, 9.17) is 4.42 Å². The van der Waals surface area contributed by atoms with Gasteiger partial charge in [-0.05, 0) is 24.7 Å². The Balaban J connectivity index is 1.77. The molecule has 0 amide bonds. The topological polar surface area (TPSA) is 51.0 Å². The number of nitrogens with zero attached hydrogens (tertiary/aromatic N) is 2. The quantitative estimate of drug-likeness (QED) is 0.556. The number of aromatic nitrogens is 2. The van der Waals surface area contributed by atoms with Crippen molar-refractivity contribution in [1.82, 2.24) is 15.3 Å². The molecule has 1 aromatic carbocycles. The summed E-state index contributed by atoms with van der Waals surface area (Å²) < 4.78 is 5.96. The zero-order valence-corrected chi connectivity index (χ0v) is 12.6. The molecule has 3 rings (SSSR count). The third-order valence-corrected chi connectivity index (χ3v) is 4.23. The van der Waals surface area contributed by atoms with Crippen molar-refractivity contribution < 1.29 is 4.42 Å². The summed E-state index contributed by atoms with van der Waals surface area (Å²) in [6.07, 6.45) is 3.34. The maximum absolute atomic E-state index is 5.96. The van der Waals surface area contributed by atoms with Crippen LogP contribution in [0.15, 0.2) is 58.4 Å². The van der Waals surface area contributed by atoms with Crippen LogP contribution in [0.4, 0.5) is 0 Å². The minimum absolute atomic E-state index is 0.169. The van der Waals surface area contributed by atoms with E-state index in [9.17, 15) is 0 Å². The summed E-state index contributed by atoms with van der Waals surface area (Å²) in [6.45, 7) is 3.00. The Morgan fingerprint density at radius 3 is 2.95 bits per heavy atom. The van der Waals surface area contributed by atoms with E-state index in [1.54, 1.807) is 24.3 Å². The molecule has 4 nitrogen and oxygen atoms in total. The van der Waals surface area contributed by atoms with Crippen molar-refractivity contribution >= 4 is 22.7 Å². The number of thioether (sulfide) groups is 1. The number of hydrogen-bond acceptors (Lipinski definition) is 5. The summed E-state index contributed by atoms with van der Waals surface area (Å²) in [7, 11) is 0. The highest BCUT2D eigenvalue weighted by atomic mass is 32.2. The standard InChI is InChI=1S/C16H17N3OS/c1-2-18-13(10-21-16-7-8-17-11-19-16)15-9-12-5-3-4-6-14(12)20-15/h3-9,11,13,18H,2,10H2,1H3. The summed E-state index contributed by atoms with van der Waals surface area (Å²) in [5, 5.41) is 5.59. The number of nitrogens with one attached hydrogen (secondary N) is 1. The molecule has 1 unspecified atom stereocenters. The van der Waals surface area contributed by atoms with Crippen LogP contribution >= 0.6 is 11.8 Å². The Bertz CT molecular complexity index is 666. The fourth-order valence-electron chi connectivity index (χ4n) is 2.19. The second-order valence-corrected chi connectivity index (χ2v) is 5.70. The van der Waals surface area contributed by atoms with Gasteiger partial charge < -0.3 is 9.73 Å². The summed E-state index contributed by atoms with van der Waals surface area (Å²) in [4.78, 5) is 8.18. The van der Waals surface area contributed by atoms with Gasteiger partial charge in [-0.2, -0.15) is 0 Å². The van der Waals surface area contributed by atoms with Crippen LogP contribution in [0.1, 0.15) is 18.7 Å². The number of rotatable bonds is 6. The van der Waals surface area contributed by atoms with E-state index in [1.165, 1.54) is 0 Å². The van der Waals surface area contributed by atoms with E-state index in [0.29, 0.717) is 0 Å². The third-order valence-electron chi connectivity index (χ3n) is 3.19. The van der Waals surface area contributed by atoms with Gasteiger partial charge in [-0.1, -0.05) is 25.1 Å². The van der Waals surface area contributed by atoms with Crippen LogP contribution in [0.25, 0.3) is 11.0 Å². The van der Waals surface area contributed by atoms with Crippen LogP contribution in [0, 0.1) is 0 Å². The molecule has 5 heteroatoms. The fourth-order valence-corrected chi connectivity index (χ4v) is 3.09. The normalized spacial score (nSPS) is 12.6. The molecule has 2 heterocycles. The largest absolute Gasteiger partial charge is 0.459 e. The Labute approximate surface area is 128 Å². The molecule has 21 heavy (non-hydrogen) atoms. The van der Waals surface area contributed by atoms with Gasteiger partial charge in [0.25, 0.3) is 0 Å². The van der Waals surface area contributed by atoms with Gasteiger partial charge in [0, 0.05) is 17.3 Å². The molecular formula is C16H17N3OS. The summed E-state index contributed by atoms with van der Waals surface area (Å²) in [6, 6.07) is 12.3. The maximum Gasteiger partial charge on any atom is 0.134 e. The molecule has 108 valence electrons. The summed E-state index contributed by atoms with van der Waals surface area (Å²) in [5.74, 6) is 1.84. The lowest BCUT2D eigenvalue weighted by atomic mass is 10.2. The van der Waals surface area contributed by atoms with E-state index in [-0.39, 0.29) is 6.04 Å². The van der Waals surface area contributed by atoms with E-state index in [2.05, 4.69) is 34.3 Å². The first-order chi connectivity index (χ1) is 10.4. The zero-order chi connectivity index (χ0) is 14.5. The highest BCUT2D eigenvalue weighted by Crippen LogP contribution is 2.27. The number of para-hydroxylation sites is 1. The molecule has 0 aliphatic rings.